The largest absolute Gasteiger partial charge is 1.00 e. The minimum absolute atomic E-state index is 0. The maximum absolute atomic E-state index is 11.0. The molecule has 22 heavy (non-hydrogen) atoms. The molecule has 0 aromatic heterocycles. The first-order chi connectivity index (χ1) is 9.69. The molecule has 0 heterocycles. The van der Waals surface area contributed by atoms with Gasteiger partial charge in [0.2, 0.25) is 0 Å². The molecular weight excluding hydrogens is 337 g/mol. The summed E-state index contributed by atoms with van der Waals surface area (Å²) >= 11 is 4.90. The van der Waals surface area contributed by atoms with Gasteiger partial charge in [0.1, 0.15) is 10.0 Å². The first kappa shape index (κ1) is 24.6. The summed E-state index contributed by atoms with van der Waals surface area (Å²) in [5, 5.41) is 17.6. The molecule has 0 fully saturated rings. The van der Waals surface area contributed by atoms with Gasteiger partial charge < -0.3 is 14.5 Å². The van der Waals surface area contributed by atoms with Crippen LogP contribution in [0.15, 0.2) is 29.2 Å². The Kier molecular flexibility index (Phi) is 14.2. The third-order valence-corrected chi connectivity index (χ3v) is 4.25. The fraction of sp³-hybridized carbons (Fsp3) is 0.571. The van der Waals surface area contributed by atoms with E-state index in [4.69, 9.17) is 22.0 Å². The van der Waals surface area contributed by atoms with Crippen LogP contribution >= 0.6 is 11.8 Å². The van der Waals surface area contributed by atoms with Gasteiger partial charge in [-0.2, -0.15) is 0 Å². The zero-order valence-corrected chi connectivity index (χ0v) is 17.1. The van der Waals surface area contributed by atoms with Crippen molar-refractivity contribution in [3.63, 3.8) is 0 Å². The Bertz CT molecular complexity index is 484. The third-order valence-electron chi connectivity index (χ3n) is 2.65. The third kappa shape index (κ3) is 11.8. The van der Waals surface area contributed by atoms with Crippen LogP contribution in [-0.2, 0) is 10.0 Å². The van der Waals surface area contributed by atoms with E-state index in [1.807, 2.05) is 6.92 Å². The Morgan fingerprint density at radius 1 is 1.09 bits per heavy atom. The van der Waals surface area contributed by atoms with Crippen molar-refractivity contribution in [1.29, 1.82) is 0 Å². The fourth-order valence-electron chi connectivity index (χ4n) is 1.46. The van der Waals surface area contributed by atoms with E-state index < -0.39 is 10.0 Å². The first-order valence-electron chi connectivity index (χ1n) is 6.70. The summed E-state index contributed by atoms with van der Waals surface area (Å²) in [6.45, 7) is 5.40. The molecule has 0 radical (unpaired) electrons. The maximum atomic E-state index is 11.0. The number of hydrogen-bond acceptors (Lipinski definition) is 4. The molecule has 2 N–H and O–H groups in total. The molecular formula is C14H23ClNNaO4S. The molecule has 1 aromatic rings. The van der Waals surface area contributed by atoms with Crippen LogP contribution in [0.25, 0.3) is 4.24 Å². The molecule has 0 spiro atoms. The Balaban J connectivity index is 0. The number of benzene rings is 1. The van der Waals surface area contributed by atoms with Crippen LogP contribution in [0.3, 0.4) is 0 Å². The summed E-state index contributed by atoms with van der Waals surface area (Å²) in [6.07, 6.45) is 2.07. The minimum atomic E-state index is -3.62. The van der Waals surface area contributed by atoms with Crippen molar-refractivity contribution in [2.75, 3.05) is 0 Å². The van der Waals surface area contributed by atoms with Gasteiger partial charge in [-0.15, -0.1) is 0 Å². The van der Waals surface area contributed by atoms with Crippen LogP contribution in [-0.4, -0.2) is 30.8 Å². The summed E-state index contributed by atoms with van der Waals surface area (Å²) in [6, 6.07) is 6.32. The molecule has 1 rings (SSSR count). The zero-order chi connectivity index (χ0) is 16.5. The van der Waals surface area contributed by atoms with E-state index >= 15 is 0 Å². The van der Waals surface area contributed by atoms with E-state index in [0.717, 1.165) is 24.8 Å². The first-order valence-corrected chi connectivity index (χ1v) is 8.48. The molecule has 2 atom stereocenters. The maximum Gasteiger partial charge on any atom is 1.00 e. The van der Waals surface area contributed by atoms with Crippen LogP contribution in [0, 0.1) is 6.92 Å². The second-order valence-electron chi connectivity index (χ2n) is 4.99. The van der Waals surface area contributed by atoms with Crippen LogP contribution in [0.2, 0.25) is 0 Å². The quantitative estimate of drug-likeness (QED) is 0.707. The van der Waals surface area contributed by atoms with Gasteiger partial charge in [-0.25, -0.2) is 8.42 Å². The van der Waals surface area contributed by atoms with Crippen LogP contribution < -0.4 is 29.6 Å². The van der Waals surface area contributed by atoms with Gasteiger partial charge >= 0.3 is 29.6 Å². The molecule has 0 saturated carbocycles. The summed E-state index contributed by atoms with van der Waals surface area (Å²) in [5.41, 5.74) is 0.989. The van der Waals surface area contributed by atoms with Crippen molar-refractivity contribution in [3.05, 3.63) is 34.1 Å². The number of aliphatic hydroxyl groups excluding tert-OH is 2. The summed E-state index contributed by atoms with van der Waals surface area (Å²) in [5.74, 6) is 0. The van der Waals surface area contributed by atoms with Crippen LogP contribution in [0.4, 0.5) is 0 Å². The van der Waals surface area contributed by atoms with Gasteiger partial charge in [0.25, 0.3) is 0 Å². The smallest absolute Gasteiger partial charge is 0.458 e. The second-order valence-corrected chi connectivity index (χ2v) is 6.96. The molecule has 0 saturated heterocycles. The molecule has 0 bridgehead atoms. The standard InChI is InChI=1S/C7H7ClNO2S.C7H16O2.Na/c1-6-2-4-7(5-3-6)12(10,11)9-8;1-6(8)4-3-5-7(2)9;/h2-5H,1H3;6-9H,3-5H2,1-2H3;/q-1;;+1. The second kappa shape index (κ2) is 12.7. The predicted molar refractivity (Wildman–Crippen MR) is 84.8 cm³/mol. The van der Waals surface area contributed by atoms with Crippen molar-refractivity contribution in [1.82, 2.24) is 0 Å². The molecule has 1 aromatic carbocycles. The Hall–Kier alpha value is 0.340. The van der Waals surface area contributed by atoms with Crippen molar-refractivity contribution in [2.45, 2.75) is 57.1 Å². The van der Waals surface area contributed by atoms with E-state index in [0.29, 0.717) is 0 Å². The number of halogens is 1. The van der Waals surface area contributed by atoms with Gasteiger partial charge in [0, 0.05) is 4.90 Å². The van der Waals surface area contributed by atoms with Crippen molar-refractivity contribution < 1.29 is 48.2 Å². The normalized spacial score (nSPS) is 13.4. The van der Waals surface area contributed by atoms with Crippen molar-refractivity contribution in [3.8, 4) is 0 Å². The van der Waals surface area contributed by atoms with Gasteiger partial charge in [-0.05, 0) is 52.2 Å². The van der Waals surface area contributed by atoms with Gasteiger partial charge in [0.05, 0.1) is 12.2 Å². The van der Waals surface area contributed by atoms with E-state index in [1.165, 1.54) is 12.1 Å². The van der Waals surface area contributed by atoms with Gasteiger partial charge in [-0.3, -0.25) is 11.8 Å². The molecule has 8 heteroatoms. The Labute approximate surface area is 160 Å². The fourth-order valence-corrected chi connectivity index (χ4v) is 2.26. The zero-order valence-electron chi connectivity index (χ0n) is 13.5. The molecule has 5 nitrogen and oxygen atoms in total. The number of sulfonamides is 1. The molecule has 0 amide bonds. The van der Waals surface area contributed by atoms with Crippen molar-refractivity contribution >= 4 is 21.8 Å². The molecule has 0 aliphatic carbocycles. The SMILES string of the molecule is CC(O)CCCC(C)O.Cc1ccc(S(=O)(=O)[N-]Cl)cc1.[Na+]. The van der Waals surface area contributed by atoms with E-state index in [9.17, 15) is 8.42 Å². The molecule has 2 unspecified atom stereocenters. The van der Waals surface area contributed by atoms with E-state index in [-0.39, 0.29) is 46.7 Å². The van der Waals surface area contributed by atoms with Crippen LogP contribution in [0.1, 0.15) is 38.7 Å². The number of aliphatic hydroxyl groups is 2. The van der Waals surface area contributed by atoms with E-state index in [2.05, 4.69) is 4.24 Å². The van der Waals surface area contributed by atoms with Gasteiger partial charge in [0.15, 0.2) is 0 Å². The summed E-state index contributed by atoms with van der Waals surface area (Å²) < 4.78 is 24.8. The van der Waals surface area contributed by atoms with Crippen LogP contribution in [0.5, 0.6) is 0 Å². The Morgan fingerprint density at radius 2 is 1.50 bits per heavy atom. The average molecular weight is 360 g/mol. The van der Waals surface area contributed by atoms with Gasteiger partial charge in [-0.1, -0.05) is 17.7 Å². The summed E-state index contributed by atoms with van der Waals surface area (Å²) in [4.78, 5) is 0.114. The molecule has 0 aliphatic rings. The number of nitrogens with zero attached hydrogens (tertiary/aromatic N) is 1. The molecule has 122 valence electrons. The monoisotopic (exact) mass is 359 g/mol. The Morgan fingerprint density at radius 3 is 1.82 bits per heavy atom. The predicted octanol–water partition coefficient (Wildman–Crippen LogP) is 0.134. The number of hydrogen-bond donors (Lipinski definition) is 2. The topological polar surface area (TPSA) is 88.7 Å². The number of aryl methyl sites for hydroxylation is 1. The number of rotatable bonds is 6. The minimum Gasteiger partial charge on any atom is -0.458 e. The molecule has 0 aliphatic heterocycles. The average Bonchev–Trinajstić information content (AvgIpc) is 2.39. The van der Waals surface area contributed by atoms with E-state index in [1.54, 1.807) is 26.0 Å². The van der Waals surface area contributed by atoms with Crippen molar-refractivity contribution in [2.24, 2.45) is 0 Å². The summed E-state index contributed by atoms with van der Waals surface area (Å²) in [7, 11) is -3.62.